The minimum Gasteiger partial charge on any atom is -0.314 e. The molecule has 3 heteroatoms. The largest absolute Gasteiger partial charge is 0.314 e. The number of hydrogen-bond acceptors (Lipinski definition) is 2. The van der Waals surface area contributed by atoms with Gasteiger partial charge in [-0.3, -0.25) is 5.10 Å². The maximum atomic E-state index is 4.01. The topological polar surface area (TPSA) is 40.7 Å². The van der Waals surface area contributed by atoms with Gasteiger partial charge in [0, 0.05) is 17.8 Å². The van der Waals surface area contributed by atoms with Crippen LogP contribution in [0.2, 0.25) is 0 Å². The summed E-state index contributed by atoms with van der Waals surface area (Å²) >= 11 is 0. The van der Waals surface area contributed by atoms with E-state index < -0.39 is 0 Å². The molecule has 2 aliphatic rings. The van der Waals surface area contributed by atoms with Crippen LogP contribution in [0.1, 0.15) is 24.8 Å². The first kappa shape index (κ1) is 8.24. The van der Waals surface area contributed by atoms with Gasteiger partial charge in [-0.05, 0) is 37.3 Å². The molecule has 1 aliphatic heterocycles. The molecule has 1 aromatic rings. The molecule has 2 bridgehead atoms. The van der Waals surface area contributed by atoms with Crippen LogP contribution in [0.5, 0.6) is 0 Å². The highest BCUT2D eigenvalue weighted by Crippen LogP contribution is 2.33. The Balaban J connectivity index is 1.90. The quantitative estimate of drug-likeness (QED) is 0.704. The second kappa shape index (κ2) is 3.24. The Labute approximate surface area is 83.6 Å². The highest BCUT2D eigenvalue weighted by molar-refractivity contribution is 5.66. The van der Waals surface area contributed by atoms with E-state index in [0.29, 0.717) is 6.04 Å². The van der Waals surface area contributed by atoms with E-state index in [1.807, 2.05) is 12.4 Å². The number of piperidine rings is 1. The van der Waals surface area contributed by atoms with Crippen molar-refractivity contribution < 1.29 is 0 Å². The van der Waals surface area contributed by atoms with Crippen molar-refractivity contribution in [1.82, 2.24) is 15.5 Å². The normalized spacial score (nSPS) is 31.3. The Kier molecular flexibility index (Phi) is 1.91. The average Bonchev–Trinajstić information content (AvgIpc) is 2.69. The Morgan fingerprint density at radius 2 is 2.43 bits per heavy atom. The first-order valence-electron chi connectivity index (χ1n) is 5.35. The highest BCUT2D eigenvalue weighted by Gasteiger charge is 2.26. The molecule has 3 rings (SSSR count). The lowest BCUT2D eigenvalue weighted by molar-refractivity contribution is 0.335. The summed E-state index contributed by atoms with van der Waals surface area (Å²) in [5.41, 5.74) is 2.73. The van der Waals surface area contributed by atoms with Gasteiger partial charge in [0.25, 0.3) is 0 Å². The predicted octanol–water partition coefficient (Wildman–Crippen LogP) is 1.56. The van der Waals surface area contributed by atoms with Crippen LogP contribution in [-0.4, -0.2) is 22.8 Å². The number of allylic oxidation sites excluding steroid dienone is 1. The number of nitrogens with zero attached hydrogens (tertiary/aromatic N) is 1. The number of H-pyrrole nitrogens is 1. The van der Waals surface area contributed by atoms with Crippen molar-refractivity contribution >= 4 is 5.57 Å². The Morgan fingerprint density at radius 1 is 1.43 bits per heavy atom. The third kappa shape index (κ3) is 1.38. The fourth-order valence-electron chi connectivity index (χ4n) is 2.60. The molecule has 0 spiro atoms. The second-order valence-electron chi connectivity index (χ2n) is 4.32. The number of aromatic amines is 1. The predicted molar refractivity (Wildman–Crippen MR) is 55.7 cm³/mol. The van der Waals surface area contributed by atoms with Gasteiger partial charge in [0.15, 0.2) is 0 Å². The molecule has 74 valence electrons. The molecule has 3 nitrogen and oxygen atoms in total. The van der Waals surface area contributed by atoms with E-state index in [0.717, 1.165) is 12.3 Å². The molecule has 0 amide bonds. The van der Waals surface area contributed by atoms with Crippen LogP contribution in [-0.2, 0) is 0 Å². The first-order valence-corrected chi connectivity index (χ1v) is 5.35. The summed E-state index contributed by atoms with van der Waals surface area (Å²) in [7, 11) is 0. The molecule has 2 heterocycles. The van der Waals surface area contributed by atoms with E-state index >= 15 is 0 Å². The highest BCUT2D eigenvalue weighted by atomic mass is 15.1. The standard InChI is InChI=1S/C11H15N3/c1-2-12-11-4-8(1)3-9(5-11)10-6-13-14-7-10/h3,6-8,11-12H,1-2,4-5H2,(H,13,14). The van der Waals surface area contributed by atoms with Gasteiger partial charge in [-0.15, -0.1) is 0 Å². The molecule has 14 heavy (non-hydrogen) atoms. The van der Waals surface area contributed by atoms with Gasteiger partial charge in [-0.1, -0.05) is 6.08 Å². The number of fused-ring (bicyclic) bond motifs is 2. The molecule has 1 fully saturated rings. The molecule has 1 aliphatic carbocycles. The molecular weight excluding hydrogens is 174 g/mol. The lowest BCUT2D eigenvalue weighted by atomic mass is 9.81. The van der Waals surface area contributed by atoms with Crippen molar-refractivity contribution in [3.8, 4) is 0 Å². The zero-order chi connectivity index (χ0) is 9.38. The van der Waals surface area contributed by atoms with E-state index in [9.17, 15) is 0 Å². The number of nitrogens with one attached hydrogen (secondary N) is 2. The molecule has 0 saturated carbocycles. The first-order chi connectivity index (χ1) is 6.92. The van der Waals surface area contributed by atoms with Crippen LogP contribution in [0.15, 0.2) is 18.5 Å². The SMILES string of the molecule is C1=C(c2cn[nH]c2)CC2CC1CCN2. The van der Waals surface area contributed by atoms with Crippen LogP contribution in [0.3, 0.4) is 0 Å². The third-order valence-electron chi connectivity index (χ3n) is 3.31. The smallest absolute Gasteiger partial charge is 0.0562 e. The fourth-order valence-corrected chi connectivity index (χ4v) is 2.60. The number of rotatable bonds is 1. The summed E-state index contributed by atoms with van der Waals surface area (Å²) in [4.78, 5) is 0. The van der Waals surface area contributed by atoms with E-state index in [2.05, 4.69) is 21.6 Å². The third-order valence-corrected chi connectivity index (χ3v) is 3.31. The van der Waals surface area contributed by atoms with E-state index in [1.54, 1.807) is 0 Å². The number of hydrogen-bond donors (Lipinski definition) is 2. The fraction of sp³-hybridized carbons (Fsp3) is 0.545. The Morgan fingerprint density at radius 3 is 3.21 bits per heavy atom. The van der Waals surface area contributed by atoms with Crippen molar-refractivity contribution in [2.75, 3.05) is 6.54 Å². The van der Waals surface area contributed by atoms with Crippen LogP contribution in [0.4, 0.5) is 0 Å². The van der Waals surface area contributed by atoms with Gasteiger partial charge in [-0.25, -0.2) is 0 Å². The number of aromatic nitrogens is 2. The molecular formula is C11H15N3. The molecule has 0 aromatic carbocycles. The van der Waals surface area contributed by atoms with E-state index in [1.165, 1.54) is 30.5 Å². The van der Waals surface area contributed by atoms with Crippen molar-refractivity contribution in [2.24, 2.45) is 5.92 Å². The van der Waals surface area contributed by atoms with E-state index in [4.69, 9.17) is 0 Å². The minimum absolute atomic E-state index is 0.698. The Hall–Kier alpha value is -1.09. The molecule has 2 unspecified atom stereocenters. The lowest BCUT2D eigenvalue weighted by Gasteiger charge is -2.34. The molecule has 2 N–H and O–H groups in total. The van der Waals surface area contributed by atoms with Gasteiger partial charge in [0.1, 0.15) is 0 Å². The van der Waals surface area contributed by atoms with Crippen molar-refractivity contribution in [3.05, 3.63) is 24.0 Å². The van der Waals surface area contributed by atoms with Crippen LogP contribution < -0.4 is 5.32 Å². The maximum Gasteiger partial charge on any atom is 0.0562 e. The minimum atomic E-state index is 0.698. The second-order valence-corrected chi connectivity index (χ2v) is 4.32. The van der Waals surface area contributed by atoms with Crippen molar-refractivity contribution in [1.29, 1.82) is 0 Å². The van der Waals surface area contributed by atoms with Crippen molar-refractivity contribution in [2.45, 2.75) is 25.3 Å². The molecule has 1 saturated heterocycles. The average molecular weight is 189 g/mol. The summed E-state index contributed by atoms with van der Waals surface area (Å²) in [6.45, 7) is 1.19. The summed E-state index contributed by atoms with van der Waals surface area (Å²) in [5.74, 6) is 0.792. The summed E-state index contributed by atoms with van der Waals surface area (Å²) in [6, 6.07) is 0.698. The molecule has 1 aromatic heterocycles. The maximum absolute atomic E-state index is 4.01. The molecule has 0 radical (unpaired) electrons. The summed E-state index contributed by atoms with van der Waals surface area (Å²) in [6.07, 6.45) is 10.1. The zero-order valence-electron chi connectivity index (χ0n) is 8.16. The van der Waals surface area contributed by atoms with Crippen molar-refractivity contribution in [3.63, 3.8) is 0 Å². The zero-order valence-corrected chi connectivity index (χ0v) is 8.16. The monoisotopic (exact) mass is 189 g/mol. The van der Waals surface area contributed by atoms with Gasteiger partial charge >= 0.3 is 0 Å². The summed E-state index contributed by atoms with van der Waals surface area (Å²) < 4.78 is 0. The van der Waals surface area contributed by atoms with Gasteiger partial charge in [0.2, 0.25) is 0 Å². The summed E-state index contributed by atoms with van der Waals surface area (Å²) in [5, 5.41) is 10.5. The van der Waals surface area contributed by atoms with Crippen LogP contribution in [0, 0.1) is 5.92 Å². The molecule has 2 atom stereocenters. The van der Waals surface area contributed by atoms with E-state index in [-0.39, 0.29) is 0 Å². The van der Waals surface area contributed by atoms with Gasteiger partial charge in [0.05, 0.1) is 6.20 Å². The van der Waals surface area contributed by atoms with Crippen LogP contribution >= 0.6 is 0 Å². The van der Waals surface area contributed by atoms with Gasteiger partial charge in [-0.2, -0.15) is 5.10 Å². The Bertz CT molecular complexity index is 339. The van der Waals surface area contributed by atoms with Gasteiger partial charge < -0.3 is 5.32 Å². The lowest BCUT2D eigenvalue weighted by Crippen LogP contribution is -2.39. The van der Waals surface area contributed by atoms with Crippen LogP contribution in [0.25, 0.3) is 5.57 Å².